The van der Waals surface area contributed by atoms with Crippen LogP contribution in [0.4, 0.5) is 0 Å². The van der Waals surface area contributed by atoms with Crippen LogP contribution in [0.3, 0.4) is 0 Å². The van der Waals surface area contributed by atoms with E-state index in [0.717, 1.165) is 44.2 Å². The van der Waals surface area contributed by atoms with Crippen molar-refractivity contribution >= 4 is 53.4 Å². The van der Waals surface area contributed by atoms with Crippen molar-refractivity contribution in [2.24, 2.45) is 0 Å². The molecular weight excluding hydrogens is 631 g/mol. The Hall–Kier alpha value is -6.43. The Morgan fingerprint density at radius 3 is 1.52 bits per heavy atom. The number of benzene rings is 7. The lowest BCUT2D eigenvalue weighted by atomic mass is 9.94. The predicted octanol–water partition coefficient (Wildman–Crippen LogP) is 12.5. The van der Waals surface area contributed by atoms with Crippen molar-refractivity contribution in [3.05, 3.63) is 164 Å². The summed E-state index contributed by atoms with van der Waals surface area (Å²) in [6.07, 6.45) is 0. The summed E-state index contributed by atoms with van der Waals surface area (Å²) in [5, 5.41) is 4.69. The summed E-state index contributed by atoms with van der Waals surface area (Å²) < 4.78 is 9.20. The third-order valence-corrected chi connectivity index (χ3v) is 10.6. The molecule has 0 radical (unpaired) electrons. The van der Waals surface area contributed by atoms with Crippen molar-refractivity contribution in [1.29, 1.82) is 0 Å². The topological polar surface area (TPSA) is 51.8 Å². The third kappa shape index (κ3) is 4.79. The summed E-state index contributed by atoms with van der Waals surface area (Å²) >= 11 is 1.86. The zero-order valence-electron chi connectivity index (χ0n) is 26.7. The number of rotatable bonds is 5. The Labute approximate surface area is 292 Å². The molecule has 4 nitrogen and oxygen atoms in total. The lowest BCUT2D eigenvalue weighted by Gasteiger charge is -2.09. The van der Waals surface area contributed by atoms with Crippen LogP contribution in [0, 0.1) is 0 Å². The molecular formula is C45H27N3OS. The van der Waals surface area contributed by atoms with E-state index >= 15 is 0 Å². The summed E-state index contributed by atoms with van der Waals surface area (Å²) in [7, 11) is 0. The molecule has 0 unspecified atom stereocenters. The molecule has 7 aromatic carbocycles. The van der Waals surface area contributed by atoms with Gasteiger partial charge in [-0.25, -0.2) is 15.0 Å². The molecule has 0 aliphatic carbocycles. The molecule has 0 saturated heterocycles. The van der Waals surface area contributed by atoms with E-state index in [-0.39, 0.29) is 0 Å². The first-order valence-corrected chi connectivity index (χ1v) is 17.4. The second kappa shape index (κ2) is 11.6. The Morgan fingerprint density at radius 2 is 0.880 bits per heavy atom. The lowest BCUT2D eigenvalue weighted by Crippen LogP contribution is -2.00. The van der Waals surface area contributed by atoms with E-state index in [2.05, 4.69) is 97.1 Å². The van der Waals surface area contributed by atoms with Gasteiger partial charge in [-0.1, -0.05) is 133 Å². The highest BCUT2D eigenvalue weighted by Gasteiger charge is 2.18. The summed E-state index contributed by atoms with van der Waals surface area (Å²) in [4.78, 5) is 14.7. The number of fused-ring (bicyclic) bond motifs is 6. The molecule has 10 aromatic rings. The van der Waals surface area contributed by atoms with Gasteiger partial charge in [-0.05, 0) is 52.6 Å². The average Bonchev–Trinajstić information content (AvgIpc) is 3.76. The van der Waals surface area contributed by atoms with E-state index in [9.17, 15) is 0 Å². The normalized spacial score (nSPS) is 11.6. The maximum atomic E-state index is 6.61. The van der Waals surface area contributed by atoms with Crippen LogP contribution >= 0.6 is 11.3 Å². The average molecular weight is 658 g/mol. The molecule has 50 heavy (non-hydrogen) atoms. The van der Waals surface area contributed by atoms with Crippen molar-refractivity contribution in [1.82, 2.24) is 15.0 Å². The zero-order valence-corrected chi connectivity index (χ0v) is 27.6. The van der Waals surface area contributed by atoms with Crippen molar-refractivity contribution < 1.29 is 4.42 Å². The van der Waals surface area contributed by atoms with Crippen molar-refractivity contribution in [2.75, 3.05) is 0 Å². The van der Waals surface area contributed by atoms with Gasteiger partial charge in [0.05, 0.1) is 0 Å². The quantitative estimate of drug-likeness (QED) is 0.185. The van der Waals surface area contributed by atoms with Gasteiger partial charge in [0, 0.05) is 47.6 Å². The van der Waals surface area contributed by atoms with Crippen LogP contribution in [0.2, 0.25) is 0 Å². The molecule has 3 aromatic heterocycles. The van der Waals surface area contributed by atoms with Crippen molar-refractivity contribution in [2.45, 2.75) is 0 Å². The monoisotopic (exact) mass is 657 g/mol. The molecule has 10 rings (SSSR count). The SMILES string of the molecule is c1ccc(-c2nc(-c3ccccc3)nc(-c3ccc4c(c3)oc3cc(-c5ccc(-c6ccccc6)c6sc7ccccc7c56)ccc34)n2)cc1. The van der Waals surface area contributed by atoms with Gasteiger partial charge in [0.15, 0.2) is 17.5 Å². The fourth-order valence-corrected chi connectivity index (χ4v) is 8.20. The number of furan rings is 1. The van der Waals surface area contributed by atoms with Crippen LogP contribution in [0.5, 0.6) is 0 Å². The van der Waals surface area contributed by atoms with Gasteiger partial charge in [0.25, 0.3) is 0 Å². The Kier molecular flexibility index (Phi) is 6.64. The highest BCUT2D eigenvalue weighted by molar-refractivity contribution is 7.26. The Bertz CT molecular complexity index is 2800. The first-order valence-electron chi connectivity index (χ1n) is 16.6. The van der Waals surface area contributed by atoms with Gasteiger partial charge in [-0.3, -0.25) is 0 Å². The lowest BCUT2D eigenvalue weighted by molar-refractivity contribution is 0.669. The molecule has 234 valence electrons. The first-order chi connectivity index (χ1) is 24.8. The Morgan fingerprint density at radius 1 is 0.380 bits per heavy atom. The summed E-state index contributed by atoms with van der Waals surface area (Å²) in [6, 6.07) is 56.8. The molecule has 0 bridgehead atoms. The van der Waals surface area contributed by atoms with E-state index in [1.165, 1.54) is 36.9 Å². The highest BCUT2D eigenvalue weighted by Crippen LogP contribution is 2.45. The van der Waals surface area contributed by atoms with Crippen LogP contribution in [-0.2, 0) is 0 Å². The Balaban J connectivity index is 1.11. The minimum atomic E-state index is 0.603. The summed E-state index contributed by atoms with van der Waals surface area (Å²) in [5.74, 6) is 1.87. The number of hydrogen-bond donors (Lipinski definition) is 0. The van der Waals surface area contributed by atoms with Crippen LogP contribution in [0.25, 0.3) is 98.5 Å². The van der Waals surface area contributed by atoms with Crippen molar-refractivity contribution in [3.63, 3.8) is 0 Å². The van der Waals surface area contributed by atoms with Gasteiger partial charge >= 0.3 is 0 Å². The van der Waals surface area contributed by atoms with Crippen molar-refractivity contribution in [3.8, 4) is 56.4 Å². The van der Waals surface area contributed by atoms with E-state index in [4.69, 9.17) is 19.4 Å². The molecule has 0 atom stereocenters. The highest BCUT2D eigenvalue weighted by atomic mass is 32.1. The molecule has 0 saturated carbocycles. The van der Waals surface area contributed by atoms with E-state index in [1.807, 2.05) is 78.1 Å². The molecule has 5 heteroatoms. The predicted molar refractivity (Wildman–Crippen MR) is 207 cm³/mol. The van der Waals surface area contributed by atoms with Crippen LogP contribution in [0.1, 0.15) is 0 Å². The van der Waals surface area contributed by atoms with Crippen LogP contribution in [0.15, 0.2) is 168 Å². The molecule has 0 fully saturated rings. The second-order valence-corrected chi connectivity index (χ2v) is 13.4. The smallest absolute Gasteiger partial charge is 0.164 e. The first kappa shape index (κ1) is 28.6. The van der Waals surface area contributed by atoms with Gasteiger partial charge in [0.1, 0.15) is 11.2 Å². The molecule has 3 heterocycles. The standard InChI is InChI=1S/C45H27N3OS/c1-4-12-28(13-5-1)34-25-24-33(41-37-18-10-11-19-40(37)50-42(34)41)31-20-22-35-36-23-21-32(27-39(36)49-38(35)26-31)45-47-43(29-14-6-2-7-15-29)46-44(48-45)30-16-8-3-9-17-30/h1-27H. The molecule has 0 amide bonds. The van der Waals surface area contributed by atoms with Crippen LogP contribution in [-0.4, -0.2) is 15.0 Å². The number of hydrogen-bond acceptors (Lipinski definition) is 5. The maximum Gasteiger partial charge on any atom is 0.164 e. The number of aromatic nitrogens is 3. The van der Waals surface area contributed by atoms with Gasteiger partial charge in [-0.2, -0.15) is 0 Å². The van der Waals surface area contributed by atoms with Gasteiger partial charge < -0.3 is 4.42 Å². The van der Waals surface area contributed by atoms with E-state index in [0.29, 0.717) is 17.5 Å². The maximum absolute atomic E-state index is 6.61. The van der Waals surface area contributed by atoms with E-state index in [1.54, 1.807) is 0 Å². The fraction of sp³-hybridized carbons (Fsp3) is 0. The minimum Gasteiger partial charge on any atom is -0.456 e. The number of nitrogens with zero attached hydrogens (tertiary/aromatic N) is 3. The summed E-state index contributed by atoms with van der Waals surface area (Å²) in [5.41, 5.74) is 9.20. The molecule has 0 aliphatic heterocycles. The molecule has 0 N–H and O–H groups in total. The largest absolute Gasteiger partial charge is 0.456 e. The zero-order chi connectivity index (χ0) is 33.0. The van der Waals surface area contributed by atoms with Gasteiger partial charge in [0.2, 0.25) is 0 Å². The summed E-state index contributed by atoms with van der Waals surface area (Å²) in [6.45, 7) is 0. The van der Waals surface area contributed by atoms with Crippen LogP contribution < -0.4 is 0 Å². The fourth-order valence-electron chi connectivity index (χ4n) is 6.94. The molecule has 0 aliphatic rings. The second-order valence-electron chi connectivity index (χ2n) is 12.4. The third-order valence-electron chi connectivity index (χ3n) is 9.35. The van der Waals surface area contributed by atoms with Gasteiger partial charge in [-0.15, -0.1) is 11.3 Å². The number of thiophene rings is 1. The van der Waals surface area contributed by atoms with E-state index < -0.39 is 0 Å². The molecule has 0 spiro atoms. The minimum absolute atomic E-state index is 0.603.